The van der Waals surface area contributed by atoms with Gasteiger partial charge in [0.1, 0.15) is 5.75 Å². The summed E-state index contributed by atoms with van der Waals surface area (Å²) in [5.41, 5.74) is 1.79. The number of rotatable bonds is 5. The zero-order chi connectivity index (χ0) is 25.2. The van der Waals surface area contributed by atoms with Crippen LogP contribution in [0.15, 0.2) is 84.9 Å². The van der Waals surface area contributed by atoms with E-state index in [2.05, 4.69) is 0 Å². The molecule has 1 saturated heterocycles. The average Bonchev–Trinajstić information content (AvgIpc) is 3.39. The highest BCUT2D eigenvalue weighted by Crippen LogP contribution is 2.74. The van der Waals surface area contributed by atoms with Gasteiger partial charge in [0, 0.05) is 0 Å². The number of carbonyl (C=O) groups excluding carboxylic acids is 3. The summed E-state index contributed by atoms with van der Waals surface area (Å²) in [4.78, 5) is 44.1. The highest BCUT2D eigenvalue weighted by molar-refractivity contribution is 6.34. The first-order valence-corrected chi connectivity index (χ1v) is 12.3. The van der Waals surface area contributed by atoms with E-state index in [9.17, 15) is 14.4 Å². The summed E-state index contributed by atoms with van der Waals surface area (Å²) in [5.74, 6) is -1.76. The van der Waals surface area contributed by atoms with Crippen LogP contribution < -0.4 is 9.64 Å². The van der Waals surface area contributed by atoms with Crippen molar-refractivity contribution in [3.05, 3.63) is 96.1 Å². The van der Waals surface area contributed by atoms with E-state index >= 15 is 0 Å². The van der Waals surface area contributed by atoms with Crippen molar-refractivity contribution in [1.29, 1.82) is 0 Å². The van der Waals surface area contributed by atoms with Gasteiger partial charge in [0.25, 0.3) is 0 Å². The maximum Gasteiger partial charge on any atom is 0.239 e. The number of anilines is 1. The highest BCUT2D eigenvalue weighted by Gasteiger charge is 2.79. The van der Waals surface area contributed by atoms with Gasteiger partial charge in [-0.25, -0.2) is 4.90 Å². The monoisotopic (exact) mass is 477 g/mol. The Morgan fingerprint density at radius 2 is 1.28 bits per heavy atom. The summed E-state index contributed by atoms with van der Waals surface area (Å²) >= 11 is 0. The van der Waals surface area contributed by atoms with E-state index < -0.39 is 22.7 Å². The van der Waals surface area contributed by atoms with Crippen molar-refractivity contribution < 1.29 is 19.1 Å². The summed E-state index contributed by atoms with van der Waals surface area (Å²) in [7, 11) is 1.52. The second-order valence-corrected chi connectivity index (χ2v) is 9.98. The molecule has 0 spiro atoms. The molecule has 1 aliphatic heterocycles. The molecule has 4 atom stereocenters. The van der Waals surface area contributed by atoms with Crippen molar-refractivity contribution in [1.82, 2.24) is 0 Å². The smallest absolute Gasteiger partial charge is 0.239 e. The first-order chi connectivity index (χ1) is 17.4. The standard InChI is InChI=1S/C31H27NO4/c1-4-31-24(20-15-9-6-10-16-20)23(19-13-7-5-8-14-19)30(2,29(31)35)25-26(31)28(34)32(27(25)33)21-17-11-12-18-22(21)36-3/h5-18,25-26H,4H2,1-3H3/t25-,26+,30-,31+/m0/s1. The lowest BCUT2D eigenvalue weighted by molar-refractivity contribution is -0.134. The van der Waals surface area contributed by atoms with Crippen LogP contribution in [0.3, 0.4) is 0 Å². The van der Waals surface area contributed by atoms with Crippen molar-refractivity contribution in [2.45, 2.75) is 20.3 Å². The average molecular weight is 478 g/mol. The minimum absolute atomic E-state index is 0.0217. The van der Waals surface area contributed by atoms with Gasteiger partial charge in [0.15, 0.2) is 5.78 Å². The quantitative estimate of drug-likeness (QED) is 0.461. The fourth-order valence-corrected chi connectivity index (χ4v) is 7.18. The number of carbonyl (C=O) groups is 3. The normalized spacial score (nSPS) is 28.8. The van der Waals surface area contributed by atoms with Gasteiger partial charge in [-0.2, -0.15) is 0 Å². The number of hydrogen-bond donors (Lipinski definition) is 0. The lowest BCUT2D eigenvalue weighted by atomic mass is 9.62. The molecule has 0 aromatic heterocycles. The van der Waals surface area contributed by atoms with Crippen LogP contribution in [0.2, 0.25) is 0 Å². The largest absolute Gasteiger partial charge is 0.495 e. The summed E-state index contributed by atoms with van der Waals surface area (Å²) in [6, 6.07) is 26.7. The van der Waals surface area contributed by atoms with Crippen LogP contribution >= 0.6 is 0 Å². The Morgan fingerprint density at radius 1 is 0.750 bits per heavy atom. The third kappa shape index (κ3) is 2.53. The van der Waals surface area contributed by atoms with Crippen LogP contribution in [0.4, 0.5) is 5.69 Å². The SMILES string of the molecule is CC[C@@]12C(=O)[C@@](C)(C(c3ccccc3)=C1c1ccccc1)[C@@H]1C(=O)N(c3ccccc3OC)C(=O)[C@@H]12. The van der Waals surface area contributed by atoms with E-state index in [1.165, 1.54) is 12.0 Å². The molecule has 0 unspecified atom stereocenters. The van der Waals surface area contributed by atoms with Gasteiger partial charge in [-0.05, 0) is 47.8 Å². The van der Waals surface area contributed by atoms with Crippen LogP contribution in [0.25, 0.3) is 11.1 Å². The summed E-state index contributed by atoms with van der Waals surface area (Å²) in [6.07, 6.45) is 0.432. The van der Waals surface area contributed by atoms with Crippen LogP contribution in [-0.2, 0) is 14.4 Å². The highest BCUT2D eigenvalue weighted by atomic mass is 16.5. The molecule has 3 aromatic carbocycles. The van der Waals surface area contributed by atoms with Crippen molar-refractivity contribution in [2.24, 2.45) is 22.7 Å². The van der Waals surface area contributed by atoms with E-state index in [1.54, 1.807) is 24.3 Å². The Morgan fingerprint density at radius 3 is 1.86 bits per heavy atom. The Labute approximate surface area is 210 Å². The number of imide groups is 1. The van der Waals surface area contributed by atoms with Crippen LogP contribution in [0, 0.1) is 22.7 Å². The summed E-state index contributed by atoms with van der Waals surface area (Å²) < 4.78 is 5.50. The molecule has 5 heteroatoms. The van der Waals surface area contributed by atoms with E-state index in [0.29, 0.717) is 17.9 Å². The van der Waals surface area contributed by atoms with Gasteiger partial charge in [-0.1, -0.05) is 79.7 Å². The van der Waals surface area contributed by atoms with E-state index in [4.69, 9.17) is 4.74 Å². The van der Waals surface area contributed by atoms with Gasteiger partial charge in [-0.15, -0.1) is 0 Å². The zero-order valence-corrected chi connectivity index (χ0v) is 20.5. The number of para-hydroxylation sites is 2. The van der Waals surface area contributed by atoms with E-state index in [-0.39, 0.29) is 17.6 Å². The minimum atomic E-state index is -1.13. The minimum Gasteiger partial charge on any atom is -0.495 e. The molecule has 180 valence electrons. The number of amides is 2. The van der Waals surface area contributed by atoms with Gasteiger partial charge >= 0.3 is 0 Å². The Kier molecular flexibility index (Phi) is 4.84. The molecule has 0 radical (unpaired) electrons. The second kappa shape index (κ2) is 7.76. The fraction of sp³-hybridized carbons (Fsp3) is 0.258. The predicted molar refractivity (Wildman–Crippen MR) is 138 cm³/mol. The van der Waals surface area contributed by atoms with Crippen LogP contribution in [-0.4, -0.2) is 24.7 Å². The number of ketones is 1. The number of benzene rings is 3. The summed E-state index contributed by atoms with van der Waals surface area (Å²) in [6.45, 7) is 3.83. The molecule has 6 rings (SSSR count). The number of hydrogen-bond acceptors (Lipinski definition) is 4. The number of nitrogens with zero attached hydrogens (tertiary/aromatic N) is 1. The number of methoxy groups -OCH3 is 1. The predicted octanol–water partition coefficient (Wildman–Crippen LogP) is 5.41. The lowest BCUT2D eigenvalue weighted by Gasteiger charge is -2.37. The van der Waals surface area contributed by atoms with Gasteiger partial charge < -0.3 is 4.74 Å². The second-order valence-electron chi connectivity index (χ2n) is 9.98. The first kappa shape index (κ1) is 22.5. The molecule has 3 aromatic rings. The Bertz CT molecular complexity index is 1440. The van der Waals surface area contributed by atoms with Crippen molar-refractivity contribution in [3.8, 4) is 5.75 Å². The number of ether oxygens (including phenoxy) is 1. The Hall–Kier alpha value is -3.99. The Balaban J connectivity index is 1.65. The van der Waals surface area contributed by atoms with Crippen LogP contribution in [0.1, 0.15) is 31.4 Å². The first-order valence-electron chi connectivity index (χ1n) is 12.3. The van der Waals surface area contributed by atoms with Gasteiger partial charge in [0.2, 0.25) is 11.8 Å². The molecular formula is C31H27NO4. The molecule has 0 N–H and O–H groups in total. The maximum atomic E-state index is 14.5. The molecule has 36 heavy (non-hydrogen) atoms. The van der Waals surface area contributed by atoms with E-state index in [1.807, 2.05) is 74.5 Å². The zero-order valence-electron chi connectivity index (χ0n) is 20.5. The molecule has 1 saturated carbocycles. The maximum absolute atomic E-state index is 14.5. The van der Waals surface area contributed by atoms with Crippen molar-refractivity contribution in [2.75, 3.05) is 12.0 Å². The molecule has 2 aliphatic carbocycles. The third-order valence-corrected chi connectivity index (χ3v) is 8.56. The topological polar surface area (TPSA) is 63.7 Å². The third-order valence-electron chi connectivity index (χ3n) is 8.56. The molecule has 2 fully saturated rings. The van der Waals surface area contributed by atoms with Gasteiger partial charge in [-0.3, -0.25) is 14.4 Å². The van der Waals surface area contributed by atoms with Crippen molar-refractivity contribution >= 4 is 34.4 Å². The molecule has 2 amide bonds. The summed E-state index contributed by atoms with van der Waals surface area (Å²) in [5, 5.41) is 0. The molecule has 3 aliphatic rings. The number of fused-ring (bicyclic) bond motifs is 5. The molecule has 2 bridgehead atoms. The van der Waals surface area contributed by atoms with Crippen LogP contribution in [0.5, 0.6) is 5.75 Å². The van der Waals surface area contributed by atoms with E-state index in [0.717, 1.165) is 22.3 Å². The number of Topliss-reactive ketones (excluding diaryl/α,β-unsaturated/α-hetero) is 1. The van der Waals surface area contributed by atoms with Gasteiger partial charge in [0.05, 0.1) is 35.5 Å². The molecule has 5 nitrogen and oxygen atoms in total. The van der Waals surface area contributed by atoms with Crippen molar-refractivity contribution in [3.63, 3.8) is 0 Å². The molecule has 1 heterocycles. The number of allylic oxidation sites excluding steroid dienone is 2. The molecular weight excluding hydrogens is 450 g/mol. The lowest BCUT2D eigenvalue weighted by Crippen LogP contribution is -2.41. The fourth-order valence-electron chi connectivity index (χ4n) is 7.18.